The zero-order valence-electron chi connectivity index (χ0n) is 17.9. The van der Waals surface area contributed by atoms with Crippen LogP contribution in [0.2, 0.25) is 0 Å². The first kappa shape index (κ1) is 21.5. The van der Waals surface area contributed by atoms with Gasteiger partial charge in [0.1, 0.15) is 11.4 Å². The average molecular weight is 454 g/mol. The Kier molecular flexibility index (Phi) is 5.57. The van der Waals surface area contributed by atoms with Gasteiger partial charge >= 0.3 is 0 Å². The van der Waals surface area contributed by atoms with Gasteiger partial charge in [-0.2, -0.15) is 5.10 Å². The van der Waals surface area contributed by atoms with Crippen molar-refractivity contribution in [3.05, 3.63) is 71.3 Å². The molecule has 1 aromatic carbocycles. The van der Waals surface area contributed by atoms with Gasteiger partial charge in [-0.15, -0.1) is 0 Å². The highest BCUT2D eigenvalue weighted by Gasteiger charge is 2.41. The Balaban J connectivity index is 1.35. The molecule has 0 radical (unpaired) electrons. The molecule has 0 bridgehead atoms. The van der Waals surface area contributed by atoms with E-state index in [-0.39, 0.29) is 18.5 Å². The minimum atomic E-state index is -2.90. The number of ether oxygens (including phenoxy) is 1. The highest BCUT2D eigenvalue weighted by Crippen LogP contribution is 2.34. The normalized spacial score (nSPS) is 21.3. The molecule has 2 N–H and O–H groups in total. The number of benzene rings is 1. The number of aliphatic hydroxyl groups excluding tert-OH is 1. The molecule has 0 spiro atoms. The second-order valence-electron chi connectivity index (χ2n) is 8.58. The van der Waals surface area contributed by atoms with Gasteiger partial charge in [0, 0.05) is 43.6 Å². The van der Waals surface area contributed by atoms with E-state index in [2.05, 4.69) is 15.4 Å². The third kappa shape index (κ3) is 4.59. The fourth-order valence-corrected chi connectivity index (χ4v) is 4.42. The molecule has 172 valence electrons. The molecular formula is C24H24F2N4O3. The maximum atomic E-state index is 13.5. The van der Waals surface area contributed by atoms with Gasteiger partial charge in [-0.05, 0) is 36.2 Å². The smallest absolute Gasteiger partial charge is 0.270 e. The van der Waals surface area contributed by atoms with Crippen molar-refractivity contribution in [3.63, 3.8) is 0 Å². The number of carbonyl (C=O) groups excluding carboxylic acids is 1. The molecule has 9 heteroatoms. The van der Waals surface area contributed by atoms with Crippen LogP contribution in [0.15, 0.2) is 48.8 Å². The first-order valence-corrected chi connectivity index (χ1v) is 11.0. The van der Waals surface area contributed by atoms with Crippen LogP contribution in [0.4, 0.5) is 8.78 Å². The first-order valence-electron chi connectivity index (χ1n) is 11.0. The SMILES string of the molecule is O=C(NC1CCC(F)(F)CC1O)c1cc(Cc2ccc(-n3cccn3)cc2)c2c(n1)CCO2. The summed E-state index contributed by atoms with van der Waals surface area (Å²) >= 11 is 0. The predicted molar refractivity (Wildman–Crippen MR) is 116 cm³/mol. The van der Waals surface area contributed by atoms with Crippen LogP contribution in [-0.2, 0) is 12.8 Å². The Morgan fingerprint density at radius 1 is 1.30 bits per heavy atom. The largest absolute Gasteiger partial charge is 0.491 e. The van der Waals surface area contributed by atoms with Crippen molar-refractivity contribution < 1.29 is 23.4 Å². The number of hydrogen-bond donors (Lipinski definition) is 2. The maximum absolute atomic E-state index is 13.5. The number of nitrogens with zero attached hydrogens (tertiary/aromatic N) is 3. The lowest BCUT2D eigenvalue weighted by molar-refractivity contribution is -0.0862. The minimum Gasteiger partial charge on any atom is -0.491 e. The van der Waals surface area contributed by atoms with Crippen molar-refractivity contribution >= 4 is 5.91 Å². The molecule has 0 saturated heterocycles. The Labute approximate surface area is 189 Å². The van der Waals surface area contributed by atoms with Crippen LogP contribution in [0.3, 0.4) is 0 Å². The molecule has 1 aliphatic heterocycles. The van der Waals surface area contributed by atoms with E-state index >= 15 is 0 Å². The third-order valence-corrected chi connectivity index (χ3v) is 6.15. The van der Waals surface area contributed by atoms with Crippen molar-refractivity contribution in [2.75, 3.05) is 6.61 Å². The highest BCUT2D eigenvalue weighted by atomic mass is 19.3. The lowest BCUT2D eigenvalue weighted by atomic mass is 9.89. The van der Waals surface area contributed by atoms with Crippen molar-refractivity contribution in [2.24, 2.45) is 0 Å². The predicted octanol–water partition coefficient (Wildman–Crippen LogP) is 3.07. The summed E-state index contributed by atoms with van der Waals surface area (Å²) in [6.45, 7) is 0.495. The van der Waals surface area contributed by atoms with Crippen LogP contribution in [0, 0.1) is 0 Å². The fraction of sp³-hybridized carbons (Fsp3) is 0.375. The van der Waals surface area contributed by atoms with Crippen molar-refractivity contribution in [1.29, 1.82) is 0 Å². The van der Waals surface area contributed by atoms with E-state index < -0.39 is 30.4 Å². The van der Waals surface area contributed by atoms with E-state index in [1.165, 1.54) is 0 Å². The number of fused-ring (bicyclic) bond motifs is 1. The summed E-state index contributed by atoms with van der Waals surface area (Å²) < 4.78 is 34.5. The summed E-state index contributed by atoms with van der Waals surface area (Å²) in [5.41, 5.74) is 3.72. The van der Waals surface area contributed by atoms with Gasteiger partial charge in [0.05, 0.1) is 30.1 Å². The Hall–Kier alpha value is -3.33. The number of aromatic nitrogens is 3. The maximum Gasteiger partial charge on any atom is 0.270 e. The van der Waals surface area contributed by atoms with Crippen LogP contribution < -0.4 is 10.1 Å². The summed E-state index contributed by atoms with van der Waals surface area (Å²) in [5, 5.41) is 17.0. The van der Waals surface area contributed by atoms with E-state index in [0.29, 0.717) is 30.9 Å². The standard InChI is InChI=1S/C24H24F2N4O3/c25-24(26)8-6-18(21(31)14-24)29-23(32)20-13-16(22-19(28-20)7-11-33-22)12-15-2-4-17(5-3-15)30-10-1-9-27-30/h1-5,9-10,13,18,21,31H,6-8,11-12,14H2,(H,29,32). The van der Waals surface area contributed by atoms with Crippen LogP contribution in [0.5, 0.6) is 5.75 Å². The molecular weight excluding hydrogens is 430 g/mol. The van der Waals surface area contributed by atoms with Crippen LogP contribution in [0.1, 0.15) is 46.6 Å². The highest BCUT2D eigenvalue weighted by molar-refractivity contribution is 5.93. The molecule has 3 heterocycles. The van der Waals surface area contributed by atoms with Gasteiger partial charge in [0.25, 0.3) is 11.8 Å². The monoisotopic (exact) mass is 454 g/mol. The quantitative estimate of drug-likeness (QED) is 0.619. The lowest BCUT2D eigenvalue weighted by Gasteiger charge is -2.33. The minimum absolute atomic E-state index is 0.0173. The van der Waals surface area contributed by atoms with Crippen molar-refractivity contribution in [2.45, 2.75) is 50.2 Å². The third-order valence-electron chi connectivity index (χ3n) is 6.15. The number of aliphatic hydroxyl groups is 1. The average Bonchev–Trinajstić information content (AvgIpc) is 3.48. The molecule has 1 saturated carbocycles. The molecule has 3 aromatic rings. The van der Waals surface area contributed by atoms with Crippen LogP contribution >= 0.6 is 0 Å². The second-order valence-corrected chi connectivity index (χ2v) is 8.58. The molecule has 1 fully saturated rings. The summed E-state index contributed by atoms with van der Waals surface area (Å²) in [7, 11) is 0. The number of amides is 1. The Morgan fingerprint density at radius 3 is 2.85 bits per heavy atom. The molecule has 1 aliphatic carbocycles. The van der Waals surface area contributed by atoms with Gasteiger partial charge in [0.15, 0.2) is 0 Å². The van der Waals surface area contributed by atoms with Crippen LogP contribution in [0.25, 0.3) is 5.69 Å². The van der Waals surface area contributed by atoms with Crippen molar-refractivity contribution in [3.8, 4) is 11.4 Å². The van der Waals surface area contributed by atoms with E-state index in [1.807, 2.05) is 36.5 Å². The van der Waals surface area contributed by atoms with E-state index in [0.717, 1.165) is 16.8 Å². The Bertz CT molecular complexity index is 1150. The second kappa shape index (κ2) is 8.55. The van der Waals surface area contributed by atoms with Gasteiger partial charge in [-0.1, -0.05) is 12.1 Å². The molecule has 2 aromatic heterocycles. The number of hydrogen-bond acceptors (Lipinski definition) is 5. The zero-order chi connectivity index (χ0) is 23.0. The van der Waals surface area contributed by atoms with Gasteiger partial charge < -0.3 is 15.2 Å². The zero-order valence-corrected chi connectivity index (χ0v) is 17.9. The molecule has 33 heavy (non-hydrogen) atoms. The first-order chi connectivity index (χ1) is 15.9. The summed E-state index contributed by atoms with van der Waals surface area (Å²) in [6.07, 6.45) is 2.45. The molecule has 2 atom stereocenters. The summed E-state index contributed by atoms with van der Waals surface area (Å²) in [4.78, 5) is 17.3. The number of rotatable bonds is 5. The molecule has 7 nitrogen and oxygen atoms in total. The van der Waals surface area contributed by atoms with E-state index in [9.17, 15) is 18.7 Å². The number of alkyl halides is 2. The molecule has 2 unspecified atom stereocenters. The molecule has 5 rings (SSSR count). The summed E-state index contributed by atoms with van der Waals surface area (Å²) in [5.74, 6) is -2.68. The van der Waals surface area contributed by atoms with Gasteiger partial charge in [-0.25, -0.2) is 18.4 Å². The van der Waals surface area contributed by atoms with Crippen LogP contribution in [-0.4, -0.2) is 50.5 Å². The molecule has 2 aliphatic rings. The van der Waals surface area contributed by atoms with Gasteiger partial charge in [-0.3, -0.25) is 4.79 Å². The lowest BCUT2D eigenvalue weighted by Crippen LogP contribution is -2.49. The molecule has 1 amide bonds. The fourth-order valence-electron chi connectivity index (χ4n) is 4.42. The van der Waals surface area contributed by atoms with E-state index in [4.69, 9.17) is 4.74 Å². The number of pyridine rings is 1. The van der Waals surface area contributed by atoms with E-state index in [1.54, 1.807) is 16.9 Å². The number of carbonyl (C=O) groups is 1. The summed E-state index contributed by atoms with van der Waals surface area (Å²) in [6, 6.07) is 10.8. The van der Waals surface area contributed by atoms with Crippen molar-refractivity contribution in [1.82, 2.24) is 20.1 Å². The van der Waals surface area contributed by atoms with Gasteiger partial charge in [0.2, 0.25) is 0 Å². The Morgan fingerprint density at radius 2 is 2.12 bits per heavy atom. The number of halogens is 2. The number of nitrogens with one attached hydrogen (secondary N) is 1. The topological polar surface area (TPSA) is 89.3 Å².